The highest BCUT2D eigenvalue weighted by molar-refractivity contribution is 6.30. The molecule has 0 spiro atoms. The Bertz CT molecular complexity index is 1940. The van der Waals surface area contributed by atoms with Gasteiger partial charge in [-0.15, -0.1) is 0 Å². The Morgan fingerprint density at radius 2 is 1.04 bits per heavy atom. The van der Waals surface area contributed by atoms with Crippen LogP contribution in [0.2, 0.25) is 10.0 Å². The van der Waals surface area contributed by atoms with E-state index in [1.807, 2.05) is 87.9 Å². The number of halogens is 2. The van der Waals surface area contributed by atoms with Crippen molar-refractivity contribution in [1.82, 2.24) is 36.3 Å². The fraction of sp³-hybridized carbons (Fsp3) is 0.244. The van der Waals surface area contributed by atoms with Crippen LogP contribution in [-0.4, -0.2) is 58.3 Å². The minimum atomic E-state index is -0.514. The SMILES string of the molecule is CC(C)(C)OC(=O)NCCNC(c1ccc(Cl)cc1)c1ccc(-c2cn[nH]c2)cc1.NCCNC(c1ccc(Cl)cc1)c1ccc(-c2cn[nH]c2)cc1. The Labute approximate surface area is 320 Å². The number of hydrogen-bond acceptors (Lipinski definition) is 7. The zero-order chi connectivity index (χ0) is 37.6. The summed E-state index contributed by atoms with van der Waals surface area (Å²) in [5.74, 6) is 0. The standard InChI is InChI=1S/C23H27ClN4O2.C18H19ClN4/c1-23(2,3)30-22(29)26-13-12-25-21(18-8-10-20(24)11-9-18)17-6-4-16(5-7-17)19-14-27-28-15-19;19-17-7-5-15(6-8-17)18(21-10-9-20)14-3-1-13(2-4-14)16-11-22-23-12-16/h4-11,14-15,21,25H,12-13H2,1-3H3,(H,26,29)(H,27,28);1-8,11-12,18,21H,9-10,20H2,(H,22,23). The highest BCUT2D eigenvalue weighted by Gasteiger charge is 2.17. The van der Waals surface area contributed by atoms with Gasteiger partial charge in [0, 0.05) is 59.7 Å². The Morgan fingerprint density at radius 3 is 1.40 bits per heavy atom. The molecule has 276 valence electrons. The van der Waals surface area contributed by atoms with Crippen LogP contribution in [0.5, 0.6) is 0 Å². The summed E-state index contributed by atoms with van der Waals surface area (Å²) in [4.78, 5) is 11.8. The number of carbonyl (C=O) groups is 1. The molecule has 0 saturated heterocycles. The van der Waals surface area contributed by atoms with Crippen molar-refractivity contribution >= 4 is 29.3 Å². The maximum Gasteiger partial charge on any atom is 0.407 e. The first-order valence-corrected chi connectivity index (χ1v) is 18.2. The van der Waals surface area contributed by atoms with Gasteiger partial charge in [0.2, 0.25) is 0 Å². The number of hydrogen-bond donors (Lipinski definition) is 6. The van der Waals surface area contributed by atoms with Gasteiger partial charge in [-0.25, -0.2) is 4.79 Å². The number of benzene rings is 4. The third-order valence-corrected chi connectivity index (χ3v) is 8.70. The number of rotatable bonds is 13. The lowest BCUT2D eigenvalue weighted by molar-refractivity contribution is 0.0528. The zero-order valence-electron chi connectivity index (χ0n) is 30.1. The van der Waals surface area contributed by atoms with Crippen molar-refractivity contribution < 1.29 is 9.53 Å². The Hall–Kier alpha value is -4.97. The van der Waals surface area contributed by atoms with Crippen LogP contribution in [0.1, 0.15) is 55.1 Å². The zero-order valence-corrected chi connectivity index (χ0v) is 31.6. The molecule has 0 aliphatic heterocycles. The number of H-pyrrole nitrogens is 2. The molecule has 0 bridgehead atoms. The first kappa shape index (κ1) is 39.2. The quantitative estimate of drug-likeness (QED) is 0.0651. The van der Waals surface area contributed by atoms with E-state index in [4.69, 9.17) is 33.7 Å². The van der Waals surface area contributed by atoms with Gasteiger partial charge < -0.3 is 26.4 Å². The van der Waals surface area contributed by atoms with Gasteiger partial charge in [0.05, 0.1) is 24.5 Å². The summed E-state index contributed by atoms with van der Waals surface area (Å²) in [6.45, 7) is 7.90. The van der Waals surface area contributed by atoms with Gasteiger partial charge in [0.1, 0.15) is 5.60 Å². The molecule has 0 saturated carbocycles. The molecule has 12 heteroatoms. The first-order chi connectivity index (χ1) is 25.6. The molecule has 0 aliphatic rings. The molecule has 4 aromatic carbocycles. The minimum absolute atomic E-state index is 0.0406. The number of carbonyl (C=O) groups excluding carboxylic acids is 1. The molecule has 6 aromatic rings. The number of alkyl carbamates (subject to hydrolysis) is 1. The smallest absolute Gasteiger partial charge is 0.407 e. The van der Waals surface area contributed by atoms with Gasteiger partial charge in [-0.1, -0.05) is 96.0 Å². The van der Waals surface area contributed by atoms with Gasteiger partial charge in [0.25, 0.3) is 0 Å². The van der Waals surface area contributed by atoms with E-state index in [-0.39, 0.29) is 12.1 Å². The molecule has 0 fully saturated rings. The van der Waals surface area contributed by atoms with Crippen LogP contribution in [0, 0.1) is 0 Å². The predicted molar refractivity (Wildman–Crippen MR) is 214 cm³/mol. The molecule has 53 heavy (non-hydrogen) atoms. The van der Waals surface area contributed by atoms with Gasteiger partial charge in [-0.3, -0.25) is 10.2 Å². The number of aromatic amines is 2. The molecule has 2 heterocycles. The van der Waals surface area contributed by atoms with Gasteiger partial charge >= 0.3 is 6.09 Å². The molecule has 2 aromatic heterocycles. The molecule has 7 N–H and O–H groups in total. The van der Waals surface area contributed by atoms with E-state index >= 15 is 0 Å². The molecular formula is C41H46Cl2N8O2. The van der Waals surface area contributed by atoms with E-state index in [1.54, 1.807) is 6.20 Å². The van der Waals surface area contributed by atoms with Crippen molar-refractivity contribution in [3.05, 3.63) is 154 Å². The maximum absolute atomic E-state index is 11.8. The van der Waals surface area contributed by atoms with Crippen LogP contribution in [-0.2, 0) is 4.74 Å². The fourth-order valence-electron chi connectivity index (χ4n) is 5.64. The normalized spacial score (nSPS) is 12.3. The average molecular weight is 754 g/mol. The van der Waals surface area contributed by atoms with E-state index < -0.39 is 11.7 Å². The van der Waals surface area contributed by atoms with Crippen molar-refractivity contribution in [2.75, 3.05) is 26.2 Å². The third-order valence-electron chi connectivity index (χ3n) is 8.19. The van der Waals surface area contributed by atoms with E-state index in [0.717, 1.165) is 44.9 Å². The summed E-state index contributed by atoms with van der Waals surface area (Å²) in [7, 11) is 0. The van der Waals surface area contributed by atoms with E-state index in [9.17, 15) is 4.79 Å². The molecule has 1 amide bonds. The second-order valence-corrected chi connectivity index (χ2v) is 14.2. The van der Waals surface area contributed by atoms with Crippen molar-refractivity contribution in [2.45, 2.75) is 38.5 Å². The van der Waals surface area contributed by atoms with Crippen molar-refractivity contribution in [3.63, 3.8) is 0 Å². The van der Waals surface area contributed by atoms with Crippen LogP contribution < -0.4 is 21.7 Å². The molecule has 0 aliphatic carbocycles. The summed E-state index contributed by atoms with van der Waals surface area (Å²) >= 11 is 12.1. The second-order valence-electron chi connectivity index (χ2n) is 13.3. The maximum atomic E-state index is 11.8. The number of nitrogens with two attached hydrogens (primary N) is 1. The minimum Gasteiger partial charge on any atom is -0.444 e. The fourth-order valence-corrected chi connectivity index (χ4v) is 5.90. The number of ether oxygens (including phenoxy) is 1. The van der Waals surface area contributed by atoms with Crippen LogP contribution >= 0.6 is 23.2 Å². The number of aromatic nitrogens is 4. The van der Waals surface area contributed by atoms with Crippen molar-refractivity contribution in [1.29, 1.82) is 0 Å². The molecule has 10 nitrogen and oxygen atoms in total. The second kappa shape index (κ2) is 19.2. The summed E-state index contributed by atoms with van der Waals surface area (Å²) in [6.07, 6.45) is 6.95. The Balaban J connectivity index is 0.000000211. The average Bonchev–Trinajstić information content (AvgIpc) is 3.89. The number of nitrogens with zero attached hydrogens (tertiary/aromatic N) is 2. The van der Waals surface area contributed by atoms with Crippen LogP contribution in [0.4, 0.5) is 4.79 Å². The molecule has 2 atom stereocenters. The third kappa shape index (κ3) is 12.0. The van der Waals surface area contributed by atoms with Crippen LogP contribution in [0.25, 0.3) is 22.3 Å². The summed E-state index contributed by atoms with van der Waals surface area (Å²) in [6, 6.07) is 32.5. The van der Waals surface area contributed by atoms with E-state index in [0.29, 0.717) is 24.7 Å². The summed E-state index contributed by atoms with van der Waals surface area (Å²) in [5.41, 5.74) is 14.0. The topological polar surface area (TPSA) is 146 Å². The predicted octanol–water partition coefficient (Wildman–Crippen LogP) is 8.30. The van der Waals surface area contributed by atoms with Crippen molar-refractivity contribution in [3.8, 4) is 22.3 Å². The molecule has 6 rings (SSSR count). The summed E-state index contributed by atoms with van der Waals surface area (Å²) in [5, 5.41) is 24.9. The monoisotopic (exact) mass is 752 g/mol. The van der Waals surface area contributed by atoms with E-state index in [2.05, 4.69) is 84.9 Å². The van der Waals surface area contributed by atoms with Crippen LogP contribution in [0.15, 0.2) is 122 Å². The lowest BCUT2D eigenvalue weighted by Gasteiger charge is -2.22. The Kier molecular flexibility index (Phi) is 14.2. The molecular weight excluding hydrogens is 707 g/mol. The van der Waals surface area contributed by atoms with Crippen molar-refractivity contribution in [2.24, 2.45) is 5.73 Å². The molecule has 2 unspecified atom stereocenters. The highest BCUT2D eigenvalue weighted by Crippen LogP contribution is 2.28. The summed E-state index contributed by atoms with van der Waals surface area (Å²) < 4.78 is 5.28. The molecule has 0 radical (unpaired) electrons. The van der Waals surface area contributed by atoms with Gasteiger partial charge in [-0.05, 0) is 78.4 Å². The van der Waals surface area contributed by atoms with Crippen LogP contribution in [0.3, 0.4) is 0 Å². The lowest BCUT2D eigenvalue weighted by atomic mass is 9.96. The lowest BCUT2D eigenvalue weighted by Crippen LogP contribution is -2.37. The van der Waals surface area contributed by atoms with E-state index in [1.165, 1.54) is 11.1 Å². The van der Waals surface area contributed by atoms with Gasteiger partial charge in [0.15, 0.2) is 0 Å². The Morgan fingerprint density at radius 1 is 0.642 bits per heavy atom. The first-order valence-electron chi connectivity index (χ1n) is 17.4. The van der Waals surface area contributed by atoms with Gasteiger partial charge in [-0.2, -0.15) is 10.2 Å². The number of amides is 1. The number of nitrogens with one attached hydrogen (secondary N) is 5. The largest absolute Gasteiger partial charge is 0.444 e. The highest BCUT2D eigenvalue weighted by atomic mass is 35.5.